The molecule has 7 heteroatoms. The minimum atomic E-state index is -0.187. The lowest BCUT2D eigenvalue weighted by atomic mass is 10.0. The van der Waals surface area contributed by atoms with Crippen molar-refractivity contribution >= 4 is 27.3 Å². The van der Waals surface area contributed by atoms with E-state index in [0.29, 0.717) is 22.4 Å². The minimum absolute atomic E-state index is 0.0478. The zero-order valence-corrected chi connectivity index (χ0v) is 19.8. The summed E-state index contributed by atoms with van der Waals surface area (Å²) >= 11 is 1.50. The molecule has 0 fully saturated rings. The molecule has 0 radical (unpaired) electrons. The molecule has 0 N–H and O–H groups in total. The average molecular weight is 450 g/mol. The first-order valence-electron chi connectivity index (χ1n) is 10.6. The van der Waals surface area contributed by atoms with Crippen LogP contribution in [0.1, 0.15) is 39.6 Å². The second kappa shape index (κ2) is 8.84. The van der Waals surface area contributed by atoms with Gasteiger partial charge in [0.2, 0.25) is 0 Å². The van der Waals surface area contributed by atoms with E-state index in [1.54, 1.807) is 7.11 Å². The van der Waals surface area contributed by atoms with Crippen LogP contribution in [-0.4, -0.2) is 33.6 Å². The van der Waals surface area contributed by atoms with Gasteiger partial charge in [0.1, 0.15) is 4.83 Å². The quantitative estimate of drug-likeness (QED) is 0.375. The van der Waals surface area contributed by atoms with Gasteiger partial charge in [-0.15, -0.1) is 11.3 Å². The first kappa shape index (κ1) is 22.2. The standard InChI is InChI=1S/C25H27N3O3S/c1-15-11-20(17(3)28(15)16(2)13-31-5)21(29)12-27-14-26-24-23(25(27)30)22(18(4)32-24)19-9-7-6-8-10-19/h6-11,14,16H,12-13H2,1-5H3. The van der Waals surface area contributed by atoms with E-state index in [2.05, 4.69) is 16.5 Å². The van der Waals surface area contributed by atoms with Crippen molar-refractivity contribution in [1.82, 2.24) is 14.1 Å². The zero-order valence-electron chi connectivity index (χ0n) is 19.0. The Kier molecular flexibility index (Phi) is 6.13. The van der Waals surface area contributed by atoms with Crippen LogP contribution in [0.5, 0.6) is 0 Å². The van der Waals surface area contributed by atoms with Gasteiger partial charge in [-0.2, -0.15) is 0 Å². The van der Waals surface area contributed by atoms with E-state index < -0.39 is 0 Å². The van der Waals surface area contributed by atoms with Gasteiger partial charge in [-0.25, -0.2) is 4.98 Å². The number of hydrogen-bond acceptors (Lipinski definition) is 5. The van der Waals surface area contributed by atoms with Gasteiger partial charge < -0.3 is 9.30 Å². The predicted molar refractivity (Wildman–Crippen MR) is 129 cm³/mol. The molecule has 1 aromatic carbocycles. The monoisotopic (exact) mass is 449 g/mol. The fourth-order valence-corrected chi connectivity index (χ4v) is 5.50. The van der Waals surface area contributed by atoms with Gasteiger partial charge in [0.05, 0.1) is 30.9 Å². The molecule has 3 heterocycles. The van der Waals surface area contributed by atoms with Crippen LogP contribution in [0.15, 0.2) is 47.5 Å². The van der Waals surface area contributed by atoms with Gasteiger partial charge in [-0.05, 0) is 39.3 Å². The van der Waals surface area contributed by atoms with E-state index in [0.717, 1.165) is 27.4 Å². The second-order valence-corrected chi connectivity index (χ2v) is 9.34. The third-order valence-electron chi connectivity index (χ3n) is 5.86. The largest absolute Gasteiger partial charge is 0.383 e. The topological polar surface area (TPSA) is 66.1 Å². The van der Waals surface area contributed by atoms with E-state index in [9.17, 15) is 9.59 Å². The van der Waals surface area contributed by atoms with E-state index in [4.69, 9.17) is 4.74 Å². The second-order valence-electron chi connectivity index (χ2n) is 8.14. The summed E-state index contributed by atoms with van der Waals surface area (Å²) in [6.45, 7) is 8.49. The molecule has 0 aliphatic heterocycles. The molecule has 1 atom stereocenters. The molecule has 0 spiro atoms. The van der Waals surface area contributed by atoms with Gasteiger partial charge in [0.15, 0.2) is 5.78 Å². The Hall–Kier alpha value is -3.03. The lowest BCUT2D eigenvalue weighted by molar-refractivity contribution is 0.0969. The number of methoxy groups -OCH3 is 1. The van der Waals surface area contributed by atoms with Crippen molar-refractivity contribution in [2.75, 3.05) is 13.7 Å². The van der Waals surface area contributed by atoms with Crippen molar-refractivity contribution in [3.8, 4) is 11.1 Å². The number of aryl methyl sites for hydroxylation is 2. The number of nitrogens with zero attached hydrogens (tertiary/aromatic N) is 3. The van der Waals surface area contributed by atoms with Crippen molar-refractivity contribution in [3.63, 3.8) is 0 Å². The number of hydrogen-bond donors (Lipinski definition) is 0. The fourth-order valence-electron chi connectivity index (χ4n) is 4.50. The number of benzene rings is 1. The van der Waals surface area contributed by atoms with Gasteiger partial charge in [0.25, 0.3) is 5.56 Å². The first-order chi connectivity index (χ1) is 15.3. The molecular formula is C25H27N3O3S. The van der Waals surface area contributed by atoms with Crippen LogP contribution in [0.4, 0.5) is 0 Å². The highest BCUT2D eigenvalue weighted by Gasteiger charge is 2.21. The highest BCUT2D eigenvalue weighted by Crippen LogP contribution is 2.35. The van der Waals surface area contributed by atoms with Crippen molar-refractivity contribution in [3.05, 3.63) is 74.9 Å². The van der Waals surface area contributed by atoms with Crippen LogP contribution >= 0.6 is 11.3 Å². The minimum Gasteiger partial charge on any atom is -0.383 e. The maximum absolute atomic E-state index is 13.4. The number of thiophene rings is 1. The highest BCUT2D eigenvalue weighted by molar-refractivity contribution is 7.19. The molecule has 0 saturated carbocycles. The maximum atomic E-state index is 13.4. The maximum Gasteiger partial charge on any atom is 0.263 e. The summed E-state index contributed by atoms with van der Waals surface area (Å²) < 4.78 is 8.81. The summed E-state index contributed by atoms with van der Waals surface area (Å²) in [4.78, 5) is 32.8. The summed E-state index contributed by atoms with van der Waals surface area (Å²) in [5, 5.41) is 0.577. The van der Waals surface area contributed by atoms with Crippen molar-refractivity contribution in [2.45, 2.75) is 40.3 Å². The van der Waals surface area contributed by atoms with Gasteiger partial charge >= 0.3 is 0 Å². The number of Topliss-reactive ketones (excluding diaryl/α,β-unsaturated/α-hetero) is 1. The van der Waals surface area contributed by atoms with Crippen molar-refractivity contribution < 1.29 is 9.53 Å². The predicted octanol–water partition coefficient (Wildman–Crippen LogP) is 4.94. The molecule has 3 aromatic heterocycles. The van der Waals surface area contributed by atoms with Crippen LogP contribution in [0.3, 0.4) is 0 Å². The molecule has 4 rings (SSSR count). The highest BCUT2D eigenvalue weighted by atomic mass is 32.1. The van der Waals surface area contributed by atoms with Crippen LogP contribution in [-0.2, 0) is 11.3 Å². The van der Waals surface area contributed by atoms with Gasteiger partial charge in [-0.3, -0.25) is 14.2 Å². The summed E-state index contributed by atoms with van der Waals surface area (Å²) in [5.41, 5.74) is 4.20. The Morgan fingerprint density at radius 2 is 1.91 bits per heavy atom. The SMILES string of the molecule is COCC(C)n1c(C)cc(C(=O)Cn2cnc3sc(C)c(-c4ccccc4)c3c2=O)c1C. The molecule has 0 aliphatic carbocycles. The molecule has 32 heavy (non-hydrogen) atoms. The molecule has 0 saturated heterocycles. The van der Waals surface area contributed by atoms with E-state index >= 15 is 0 Å². The molecule has 0 bridgehead atoms. The van der Waals surface area contributed by atoms with E-state index in [-0.39, 0.29) is 23.9 Å². The molecule has 4 aromatic rings. The molecule has 0 aliphatic rings. The Balaban J connectivity index is 1.73. The molecule has 0 amide bonds. The van der Waals surface area contributed by atoms with Crippen LogP contribution in [0.25, 0.3) is 21.3 Å². The smallest absolute Gasteiger partial charge is 0.263 e. The Bertz CT molecular complexity index is 1350. The first-order valence-corrected chi connectivity index (χ1v) is 11.4. The number of carbonyl (C=O) groups is 1. The third-order valence-corrected chi connectivity index (χ3v) is 6.88. The Labute approximate surface area is 191 Å². The van der Waals surface area contributed by atoms with Crippen molar-refractivity contribution in [1.29, 1.82) is 0 Å². The summed E-state index contributed by atoms with van der Waals surface area (Å²) in [6, 6.07) is 11.9. The number of aromatic nitrogens is 3. The molecule has 6 nitrogen and oxygen atoms in total. The van der Waals surface area contributed by atoms with Gasteiger partial charge in [-0.1, -0.05) is 30.3 Å². The number of fused-ring (bicyclic) bond motifs is 1. The summed E-state index contributed by atoms with van der Waals surface area (Å²) in [6.07, 6.45) is 1.49. The van der Waals surface area contributed by atoms with Gasteiger partial charge in [0, 0.05) is 34.5 Å². The summed E-state index contributed by atoms with van der Waals surface area (Å²) in [5.74, 6) is -0.106. The lowest BCUT2D eigenvalue weighted by Crippen LogP contribution is -2.25. The average Bonchev–Trinajstić information content (AvgIpc) is 3.26. The number of ether oxygens (including phenoxy) is 1. The number of rotatable bonds is 7. The van der Waals surface area contributed by atoms with Crippen molar-refractivity contribution in [2.24, 2.45) is 0 Å². The molecule has 166 valence electrons. The van der Waals surface area contributed by atoms with E-state index in [1.807, 2.05) is 57.2 Å². The Morgan fingerprint density at radius 3 is 2.59 bits per heavy atom. The summed E-state index contributed by atoms with van der Waals surface area (Å²) in [7, 11) is 1.67. The molecule has 1 unspecified atom stereocenters. The normalized spacial score (nSPS) is 12.4. The van der Waals surface area contributed by atoms with Crippen LogP contribution in [0.2, 0.25) is 0 Å². The number of carbonyl (C=O) groups excluding carboxylic acids is 1. The zero-order chi connectivity index (χ0) is 23.0. The fraction of sp³-hybridized carbons (Fsp3) is 0.320. The van der Waals surface area contributed by atoms with Crippen LogP contribution in [0, 0.1) is 20.8 Å². The van der Waals surface area contributed by atoms with E-state index in [1.165, 1.54) is 22.2 Å². The number of ketones is 1. The molecular weight excluding hydrogens is 422 g/mol. The van der Waals surface area contributed by atoms with Crippen LogP contribution < -0.4 is 5.56 Å². The third kappa shape index (κ3) is 3.82. The lowest BCUT2D eigenvalue weighted by Gasteiger charge is -2.17. The Morgan fingerprint density at radius 1 is 1.19 bits per heavy atom.